The van der Waals surface area contributed by atoms with Crippen molar-refractivity contribution < 1.29 is 17.6 Å². The normalized spacial score (nSPS) is 12.3. The average Bonchev–Trinajstić information content (AvgIpc) is 2.19. The highest BCUT2D eigenvalue weighted by Gasteiger charge is 2.33. The van der Waals surface area contributed by atoms with Gasteiger partial charge in [0.1, 0.15) is 5.82 Å². The van der Waals surface area contributed by atoms with Gasteiger partial charge in [-0.2, -0.15) is 13.2 Å². The predicted molar refractivity (Wildman–Crippen MR) is 55.8 cm³/mol. The molecule has 0 aliphatic carbocycles. The van der Waals surface area contributed by atoms with E-state index in [1.54, 1.807) is 0 Å². The third-order valence-corrected chi connectivity index (χ3v) is 2.11. The largest absolute Gasteiger partial charge is 0.417 e. The molecule has 0 amide bonds. The summed E-state index contributed by atoms with van der Waals surface area (Å²) in [5, 5.41) is 0. The van der Waals surface area contributed by atoms with Crippen LogP contribution in [-0.2, 0) is 6.18 Å². The van der Waals surface area contributed by atoms with Gasteiger partial charge in [0.15, 0.2) is 0 Å². The Hall–Kier alpha value is -1.03. The molecule has 0 fully saturated rings. The molecule has 0 radical (unpaired) electrons. The molecule has 0 N–H and O–H groups in total. The molecule has 0 bridgehead atoms. The Morgan fingerprint density at radius 1 is 1.25 bits per heavy atom. The molecule has 0 atom stereocenters. The van der Waals surface area contributed by atoms with E-state index in [-0.39, 0.29) is 5.56 Å². The Morgan fingerprint density at radius 3 is 2.50 bits per heavy atom. The Morgan fingerprint density at radius 2 is 1.94 bits per heavy atom. The lowest BCUT2D eigenvalue weighted by molar-refractivity contribution is -0.137. The van der Waals surface area contributed by atoms with Crippen molar-refractivity contribution in [1.29, 1.82) is 0 Å². The zero-order chi connectivity index (χ0) is 12.2. The molecule has 0 saturated carbocycles. The second-order valence-electron chi connectivity index (χ2n) is 3.11. The summed E-state index contributed by atoms with van der Waals surface area (Å²) < 4.78 is 50.3. The molecule has 0 aliphatic rings. The molecule has 0 nitrogen and oxygen atoms in total. The van der Waals surface area contributed by atoms with Gasteiger partial charge < -0.3 is 0 Å². The van der Waals surface area contributed by atoms with Crippen molar-refractivity contribution in [3.8, 4) is 0 Å². The van der Waals surface area contributed by atoms with Crippen LogP contribution >= 0.6 is 11.6 Å². The minimum absolute atomic E-state index is 0.0565. The number of hydrogen-bond donors (Lipinski definition) is 0. The number of alkyl halides is 4. The number of benzene rings is 1. The van der Waals surface area contributed by atoms with E-state index in [9.17, 15) is 17.6 Å². The van der Waals surface area contributed by atoms with Crippen LogP contribution in [0.25, 0.3) is 6.08 Å². The van der Waals surface area contributed by atoms with Gasteiger partial charge in [0.2, 0.25) is 0 Å². The summed E-state index contributed by atoms with van der Waals surface area (Å²) in [7, 11) is 0. The predicted octanol–water partition coefficient (Wildman–Crippen LogP) is 4.49. The number of rotatable bonds is 3. The number of halogens is 5. The standard InChI is InChI=1S/C11H9ClF4/c12-6-2-1-3-8-4-5-9(13)7-10(8)11(14,15)16/h1,3-5,7H,2,6H2. The second kappa shape index (κ2) is 5.34. The molecule has 1 aromatic rings. The second-order valence-corrected chi connectivity index (χ2v) is 3.49. The molecule has 1 aromatic carbocycles. The minimum Gasteiger partial charge on any atom is -0.207 e. The maximum Gasteiger partial charge on any atom is 0.417 e. The first-order valence-corrected chi connectivity index (χ1v) is 5.08. The van der Waals surface area contributed by atoms with Crippen molar-refractivity contribution >= 4 is 17.7 Å². The van der Waals surface area contributed by atoms with Crippen LogP contribution in [0.2, 0.25) is 0 Å². The Labute approximate surface area is 95.5 Å². The van der Waals surface area contributed by atoms with Crippen molar-refractivity contribution in [2.45, 2.75) is 12.6 Å². The molecule has 0 heterocycles. The lowest BCUT2D eigenvalue weighted by Gasteiger charge is -2.10. The van der Waals surface area contributed by atoms with Crippen molar-refractivity contribution in [3.63, 3.8) is 0 Å². The van der Waals surface area contributed by atoms with Gasteiger partial charge in [-0.3, -0.25) is 0 Å². The Kier molecular flexibility index (Phi) is 4.35. The third-order valence-electron chi connectivity index (χ3n) is 1.89. The highest BCUT2D eigenvalue weighted by atomic mass is 35.5. The molecule has 1 rings (SSSR count). The number of hydrogen-bond acceptors (Lipinski definition) is 0. The monoisotopic (exact) mass is 252 g/mol. The van der Waals surface area contributed by atoms with Gasteiger partial charge in [-0.1, -0.05) is 18.2 Å². The SMILES string of the molecule is Fc1ccc(C=CCCCl)c(C(F)(F)F)c1. The van der Waals surface area contributed by atoms with E-state index in [0.29, 0.717) is 18.4 Å². The zero-order valence-corrected chi connectivity index (χ0v) is 8.95. The van der Waals surface area contributed by atoms with E-state index in [1.165, 1.54) is 12.2 Å². The first-order valence-electron chi connectivity index (χ1n) is 4.54. The molecule has 0 unspecified atom stereocenters. The Bertz CT molecular complexity index is 382. The lowest BCUT2D eigenvalue weighted by Crippen LogP contribution is -2.07. The van der Waals surface area contributed by atoms with Crippen LogP contribution in [-0.4, -0.2) is 5.88 Å². The first kappa shape index (κ1) is 13.0. The minimum atomic E-state index is -4.55. The van der Waals surface area contributed by atoms with Gasteiger partial charge in [-0.25, -0.2) is 4.39 Å². The van der Waals surface area contributed by atoms with Gasteiger partial charge in [0, 0.05) is 5.88 Å². The fraction of sp³-hybridized carbons (Fsp3) is 0.273. The van der Waals surface area contributed by atoms with Gasteiger partial charge in [-0.05, 0) is 24.1 Å². The number of allylic oxidation sites excluding steroid dienone is 1. The van der Waals surface area contributed by atoms with Crippen molar-refractivity contribution in [2.24, 2.45) is 0 Å². The van der Waals surface area contributed by atoms with Crippen LogP contribution in [0.3, 0.4) is 0 Å². The molecule has 0 saturated heterocycles. The van der Waals surface area contributed by atoms with E-state index in [0.717, 1.165) is 12.1 Å². The zero-order valence-electron chi connectivity index (χ0n) is 8.19. The molecule has 5 heteroatoms. The summed E-state index contributed by atoms with van der Waals surface area (Å²) in [5.74, 6) is -0.569. The highest BCUT2D eigenvalue weighted by Crippen LogP contribution is 2.33. The van der Waals surface area contributed by atoms with E-state index < -0.39 is 17.6 Å². The summed E-state index contributed by atoms with van der Waals surface area (Å²) in [5.41, 5.74) is -1.03. The molecule has 16 heavy (non-hydrogen) atoms. The molecule has 0 spiro atoms. The smallest absolute Gasteiger partial charge is 0.207 e. The van der Waals surface area contributed by atoms with Gasteiger partial charge in [0.25, 0.3) is 0 Å². The summed E-state index contributed by atoms with van der Waals surface area (Å²) in [6.07, 6.45) is -1.26. The van der Waals surface area contributed by atoms with E-state index in [4.69, 9.17) is 11.6 Å². The average molecular weight is 253 g/mol. The van der Waals surface area contributed by atoms with Crippen LogP contribution in [0.4, 0.5) is 17.6 Å². The fourth-order valence-electron chi connectivity index (χ4n) is 1.19. The highest BCUT2D eigenvalue weighted by molar-refractivity contribution is 6.17. The van der Waals surface area contributed by atoms with Gasteiger partial charge in [0.05, 0.1) is 5.56 Å². The third kappa shape index (κ3) is 3.52. The van der Waals surface area contributed by atoms with Crippen LogP contribution in [0, 0.1) is 5.82 Å². The van der Waals surface area contributed by atoms with E-state index in [1.807, 2.05) is 0 Å². The molecular weight excluding hydrogens is 244 g/mol. The van der Waals surface area contributed by atoms with Crippen molar-refractivity contribution in [1.82, 2.24) is 0 Å². The maximum absolute atomic E-state index is 12.7. The van der Waals surface area contributed by atoms with Gasteiger partial charge >= 0.3 is 6.18 Å². The first-order chi connectivity index (χ1) is 7.45. The fourth-order valence-corrected chi connectivity index (χ4v) is 1.32. The summed E-state index contributed by atoms with van der Waals surface area (Å²) in [6.45, 7) is 0. The van der Waals surface area contributed by atoms with Crippen molar-refractivity contribution in [3.05, 3.63) is 41.2 Å². The molecule has 88 valence electrons. The Balaban J connectivity index is 3.08. The topological polar surface area (TPSA) is 0 Å². The quantitative estimate of drug-likeness (QED) is 0.549. The maximum atomic E-state index is 12.7. The van der Waals surface area contributed by atoms with Gasteiger partial charge in [-0.15, -0.1) is 11.6 Å². The van der Waals surface area contributed by atoms with E-state index >= 15 is 0 Å². The summed E-state index contributed by atoms with van der Waals surface area (Å²) in [6, 6.07) is 2.58. The van der Waals surface area contributed by atoms with Crippen LogP contribution in [0.5, 0.6) is 0 Å². The molecule has 0 aliphatic heterocycles. The molecule has 0 aromatic heterocycles. The molecular formula is C11H9ClF4. The van der Waals surface area contributed by atoms with Crippen LogP contribution < -0.4 is 0 Å². The van der Waals surface area contributed by atoms with E-state index in [2.05, 4.69) is 0 Å². The van der Waals surface area contributed by atoms with Crippen LogP contribution in [0.15, 0.2) is 24.3 Å². The van der Waals surface area contributed by atoms with Crippen LogP contribution in [0.1, 0.15) is 17.5 Å². The lowest BCUT2D eigenvalue weighted by atomic mass is 10.1. The van der Waals surface area contributed by atoms with Crippen molar-refractivity contribution in [2.75, 3.05) is 5.88 Å². The summed E-state index contributed by atoms with van der Waals surface area (Å²) >= 11 is 5.39. The summed E-state index contributed by atoms with van der Waals surface area (Å²) in [4.78, 5) is 0.